The Morgan fingerprint density at radius 1 is 1.24 bits per heavy atom. The first kappa shape index (κ1) is 17.5. The molecule has 0 aliphatic heterocycles. The summed E-state index contributed by atoms with van der Waals surface area (Å²) in [5.41, 5.74) is -1.31. The molecule has 0 aromatic heterocycles. The van der Waals surface area contributed by atoms with Crippen molar-refractivity contribution in [3.8, 4) is 0 Å². The molecule has 21 heavy (non-hydrogen) atoms. The quantitative estimate of drug-likeness (QED) is 0.806. The molecule has 0 amide bonds. The van der Waals surface area contributed by atoms with E-state index >= 15 is 0 Å². The molecule has 0 saturated carbocycles. The van der Waals surface area contributed by atoms with Crippen molar-refractivity contribution < 1.29 is 27.1 Å². The van der Waals surface area contributed by atoms with Gasteiger partial charge in [-0.2, -0.15) is 0 Å². The molecule has 0 aliphatic rings. The second kappa shape index (κ2) is 6.48. The zero-order valence-corrected chi connectivity index (χ0v) is 12.5. The van der Waals surface area contributed by atoms with E-state index in [2.05, 4.69) is 0 Å². The predicted molar refractivity (Wildman–Crippen MR) is 72.2 cm³/mol. The summed E-state index contributed by atoms with van der Waals surface area (Å²) in [7, 11) is -4.47. The highest BCUT2D eigenvalue weighted by atomic mass is 32.2. The summed E-state index contributed by atoms with van der Waals surface area (Å²) in [6, 6.07) is 2.69. The minimum absolute atomic E-state index is 0.182. The van der Waals surface area contributed by atoms with E-state index in [-0.39, 0.29) is 12.8 Å². The number of nitrogens with one attached hydrogen (secondary N) is 1. The fourth-order valence-corrected chi connectivity index (χ4v) is 3.18. The van der Waals surface area contributed by atoms with Crippen LogP contribution in [0.1, 0.15) is 26.7 Å². The molecule has 118 valence electrons. The molecule has 1 rings (SSSR count). The maximum atomic E-state index is 13.5. The highest BCUT2D eigenvalue weighted by Gasteiger charge is 2.37. The van der Waals surface area contributed by atoms with Gasteiger partial charge in [0.15, 0.2) is 4.90 Å². The first-order valence-electron chi connectivity index (χ1n) is 6.37. The van der Waals surface area contributed by atoms with Crippen molar-refractivity contribution in [1.29, 1.82) is 0 Å². The second-order valence-electron chi connectivity index (χ2n) is 4.67. The molecule has 1 aromatic rings. The van der Waals surface area contributed by atoms with Gasteiger partial charge in [0.05, 0.1) is 5.41 Å². The van der Waals surface area contributed by atoms with E-state index in [1.165, 1.54) is 0 Å². The maximum Gasteiger partial charge on any atom is 0.310 e. The first-order chi connectivity index (χ1) is 9.70. The second-order valence-corrected chi connectivity index (χ2v) is 6.37. The number of carboxylic acids is 1. The summed E-state index contributed by atoms with van der Waals surface area (Å²) >= 11 is 0. The van der Waals surface area contributed by atoms with Gasteiger partial charge in [0, 0.05) is 6.54 Å². The number of hydrogen-bond donors (Lipinski definition) is 2. The summed E-state index contributed by atoms with van der Waals surface area (Å²) in [5, 5.41) is 9.22. The zero-order valence-electron chi connectivity index (χ0n) is 11.7. The smallest absolute Gasteiger partial charge is 0.310 e. The molecule has 0 unspecified atom stereocenters. The van der Waals surface area contributed by atoms with Gasteiger partial charge in [0.25, 0.3) is 0 Å². The first-order valence-corrected chi connectivity index (χ1v) is 7.85. The fourth-order valence-electron chi connectivity index (χ4n) is 1.92. The highest BCUT2D eigenvalue weighted by Crippen LogP contribution is 2.27. The Balaban J connectivity index is 3.09. The summed E-state index contributed by atoms with van der Waals surface area (Å²) in [6.07, 6.45) is 0.363. The van der Waals surface area contributed by atoms with Crippen LogP contribution in [0.3, 0.4) is 0 Å². The van der Waals surface area contributed by atoms with Crippen molar-refractivity contribution in [2.75, 3.05) is 6.54 Å². The largest absolute Gasteiger partial charge is 0.481 e. The molecule has 0 heterocycles. The number of benzene rings is 1. The number of carbonyl (C=O) groups is 1. The van der Waals surface area contributed by atoms with Gasteiger partial charge >= 0.3 is 5.97 Å². The Morgan fingerprint density at radius 3 is 2.10 bits per heavy atom. The number of rotatable bonds is 7. The molecule has 0 atom stereocenters. The monoisotopic (exact) mass is 321 g/mol. The van der Waals surface area contributed by atoms with Crippen LogP contribution < -0.4 is 4.72 Å². The third-order valence-electron chi connectivity index (χ3n) is 3.60. The Labute approximate surface area is 122 Å². The average molecular weight is 321 g/mol. The number of sulfonamides is 1. The van der Waals surface area contributed by atoms with E-state index in [0.29, 0.717) is 0 Å². The highest BCUT2D eigenvalue weighted by molar-refractivity contribution is 7.89. The maximum absolute atomic E-state index is 13.5. The SMILES string of the molecule is CCC(CC)(CNS(=O)(=O)c1c(F)cccc1F)C(=O)O. The van der Waals surface area contributed by atoms with Crippen LogP contribution in [0.4, 0.5) is 8.78 Å². The molecule has 8 heteroatoms. The van der Waals surface area contributed by atoms with Gasteiger partial charge in [0.2, 0.25) is 10.0 Å². The number of aliphatic carboxylic acids is 1. The normalized spacial score (nSPS) is 12.4. The van der Waals surface area contributed by atoms with Gasteiger partial charge in [-0.3, -0.25) is 4.79 Å². The van der Waals surface area contributed by atoms with Crippen molar-refractivity contribution in [1.82, 2.24) is 4.72 Å². The van der Waals surface area contributed by atoms with Crippen molar-refractivity contribution in [3.05, 3.63) is 29.8 Å². The standard InChI is InChI=1S/C13H17F2NO4S/c1-3-13(4-2,12(17)18)8-16-21(19,20)11-9(14)6-5-7-10(11)15/h5-7,16H,3-4,8H2,1-2H3,(H,17,18). The lowest BCUT2D eigenvalue weighted by atomic mass is 9.83. The Hall–Kier alpha value is -1.54. The molecule has 0 spiro atoms. The Morgan fingerprint density at radius 2 is 1.71 bits per heavy atom. The molecule has 0 aliphatic carbocycles. The number of carboxylic acid groups (broad SMARTS) is 1. The van der Waals surface area contributed by atoms with Crippen molar-refractivity contribution in [2.45, 2.75) is 31.6 Å². The van der Waals surface area contributed by atoms with E-state index in [0.717, 1.165) is 18.2 Å². The third-order valence-corrected chi connectivity index (χ3v) is 5.05. The summed E-state index contributed by atoms with van der Waals surface area (Å²) in [4.78, 5) is 10.2. The van der Waals surface area contributed by atoms with Crippen LogP contribution in [-0.4, -0.2) is 26.0 Å². The summed E-state index contributed by atoms with van der Waals surface area (Å²) < 4.78 is 53.0. The lowest BCUT2D eigenvalue weighted by Crippen LogP contribution is -2.42. The fraction of sp³-hybridized carbons (Fsp3) is 0.462. The van der Waals surface area contributed by atoms with Crippen LogP contribution in [0.25, 0.3) is 0 Å². The third kappa shape index (κ3) is 3.56. The van der Waals surface area contributed by atoms with Gasteiger partial charge < -0.3 is 5.11 Å². The minimum Gasteiger partial charge on any atom is -0.481 e. The van der Waals surface area contributed by atoms with Gasteiger partial charge in [-0.25, -0.2) is 21.9 Å². The molecule has 0 saturated heterocycles. The van der Waals surface area contributed by atoms with E-state index < -0.39 is 44.5 Å². The van der Waals surface area contributed by atoms with Crippen molar-refractivity contribution in [3.63, 3.8) is 0 Å². The number of hydrogen-bond acceptors (Lipinski definition) is 3. The Kier molecular flexibility index (Phi) is 5.41. The molecule has 5 nitrogen and oxygen atoms in total. The van der Waals surface area contributed by atoms with Crippen LogP contribution >= 0.6 is 0 Å². The average Bonchev–Trinajstić information content (AvgIpc) is 2.39. The molecule has 2 N–H and O–H groups in total. The minimum atomic E-state index is -4.47. The van der Waals surface area contributed by atoms with E-state index in [9.17, 15) is 27.1 Å². The summed E-state index contributed by atoms with van der Waals surface area (Å²) in [5.74, 6) is -3.61. The van der Waals surface area contributed by atoms with Crippen LogP contribution in [0.5, 0.6) is 0 Å². The van der Waals surface area contributed by atoms with E-state index in [4.69, 9.17) is 0 Å². The lowest BCUT2D eigenvalue weighted by Gasteiger charge is -2.26. The molecule has 0 bridgehead atoms. The molecular weight excluding hydrogens is 304 g/mol. The van der Waals surface area contributed by atoms with Crippen molar-refractivity contribution >= 4 is 16.0 Å². The van der Waals surface area contributed by atoms with Crippen molar-refractivity contribution in [2.24, 2.45) is 5.41 Å². The molecule has 1 aromatic carbocycles. The van der Waals surface area contributed by atoms with E-state index in [1.807, 2.05) is 4.72 Å². The van der Waals surface area contributed by atoms with Gasteiger partial charge in [-0.15, -0.1) is 0 Å². The molecular formula is C13H17F2NO4S. The van der Waals surface area contributed by atoms with Gasteiger partial charge in [0.1, 0.15) is 11.6 Å². The lowest BCUT2D eigenvalue weighted by molar-refractivity contribution is -0.149. The molecule has 0 fully saturated rings. The zero-order chi connectivity index (χ0) is 16.3. The number of halogens is 2. The predicted octanol–water partition coefficient (Wildman–Crippen LogP) is 2.13. The van der Waals surface area contributed by atoms with Crippen LogP contribution in [0.15, 0.2) is 23.1 Å². The van der Waals surface area contributed by atoms with Crippen LogP contribution in [0.2, 0.25) is 0 Å². The Bertz CT molecular complexity index is 607. The van der Waals surface area contributed by atoms with Crippen LogP contribution in [0, 0.1) is 17.0 Å². The summed E-state index contributed by atoms with van der Waals surface area (Å²) in [6.45, 7) is 2.77. The molecule has 0 radical (unpaired) electrons. The van der Waals surface area contributed by atoms with Gasteiger partial charge in [-0.1, -0.05) is 19.9 Å². The van der Waals surface area contributed by atoms with Crippen LogP contribution in [-0.2, 0) is 14.8 Å². The van der Waals surface area contributed by atoms with Gasteiger partial charge in [-0.05, 0) is 25.0 Å². The topological polar surface area (TPSA) is 83.5 Å². The van der Waals surface area contributed by atoms with E-state index in [1.54, 1.807) is 13.8 Å².